The van der Waals surface area contributed by atoms with Crippen molar-refractivity contribution in [1.29, 1.82) is 0 Å². The number of hydrogen-bond donors (Lipinski definition) is 0. The molecule has 1 aromatic heterocycles. The molecule has 2 aliphatic heterocycles. The Morgan fingerprint density at radius 1 is 1.38 bits per heavy atom. The third-order valence-electron chi connectivity index (χ3n) is 5.06. The van der Waals surface area contributed by atoms with Crippen LogP contribution in [0.25, 0.3) is 0 Å². The summed E-state index contributed by atoms with van der Waals surface area (Å²) in [5.41, 5.74) is 1.06. The highest BCUT2D eigenvalue weighted by atomic mass is 19.1. The Morgan fingerprint density at radius 2 is 2.31 bits per heavy atom. The maximum Gasteiger partial charge on any atom is 0.254 e. The van der Waals surface area contributed by atoms with Gasteiger partial charge in [-0.05, 0) is 36.2 Å². The summed E-state index contributed by atoms with van der Waals surface area (Å²) in [6.45, 7) is 2.17. The zero-order chi connectivity index (χ0) is 18.0. The number of rotatable bonds is 4. The predicted octanol–water partition coefficient (Wildman–Crippen LogP) is 2.81. The Morgan fingerprint density at radius 3 is 3.12 bits per heavy atom. The number of nitrogens with zero attached hydrogens (tertiary/aromatic N) is 2. The first-order valence-electron chi connectivity index (χ1n) is 8.83. The lowest BCUT2D eigenvalue weighted by atomic mass is 9.98. The van der Waals surface area contributed by atoms with Crippen LogP contribution in [0.5, 0.6) is 0 Å². The van der Waals surface area contributed by atoms with E-state index in [1.54, 1.807) is 29.4 Å². The minimum absolute atomic E-state index is 0.0134. The molecule has 136 valence electrons. The highest BCUT2D eigenvalue weighted by molar-refractivity contribution is 5.94. The van der Waals surface area contributed by atoms with Crippen molar-refractivity contribution in [2.45, 2.75) is 31.2 Å². The van der Waals surface area contributed by atoms with Crippen LogP contribution in [0.1, 0.15) is 28.8 Å². The first-order chi connectivity index (χ1) is 12.6. The first-order valence-corrected chi connectivity index (χ1v) is 8.83. The summed E-state index contributed by atoms with van der Waals surface area (Å²) in [4.78, 5) is 18.4. The molecule has 2 saturated heterocycles. The molecule has 0 N–H and O–H groups in total. The number of benzene rings is 1. The van der Waals surface area contributed by atoms with Crippen molar-refractivity contribution in [1.82, 2.24) is 9.88 Å². The molecule has 0 saturated carbocycles. The predicted molar refractivity (Wildman–Crippen MR) is 93.0 cm³/mol. The molecule has 3 heterocycles. The van der Waals surface area contributed by atoms with Crippen LogP contribution in [-0.4, -0.2) is 47.2 Å². The number of likely N-dealkylation sites (tertiary alicyclic amines) is 1. The summed E-state index contributed by atoms with van der Waals surface area (Å²) in [5.74, 6) is -0.546. The smallest absolute Gasteiger partial charge is 0.254 e. The van der Waals surface area contributed by atoms with Gasteiger partial charge in [0.2, 0.25) is 0 Å². The average molecular weight is 356 g/mol. The third kappa shape index (κ3) is 3.61. The van der Waals surface area contributed by atoms with Gasteiger partial charge >= 0.3 is 0 Å². The number of hydrogen-bond acceptors (Lipinski definition) is 4. The van der Waals surface area contributed by atoms with Crippen LogP contribution in [-0.2, 0) is 16.1 Å². The van der Waals surface area contributed by atoms with Gasteiger partial charge in [0.15, 0.2) is 0 Å². The maximum absolute atomic E-state index is 13.4. The second-order valence-corrected chi connectivity index (χ2v) is 6.98. The molecule has 1 amide bonds. The van der Waals surface area contributed by atoms with E-state index >= 15 is 0 Å². The second kappa shape index (κ2) is 7.13. The Hall–Kier alpha value is -2.31. The molecule has 4 rings (SSSR count). The van der Waals surface area contributed by atoms with E-state index in [0.29, 0.717) is 31.9 Å². The molecule has 0 bridgehead atoms. The second-order valence-electron chi connectivity index (χ2n) is 6.98. The van der Waals surface area contributed by atoms with E-state index in [4.69, 9.17) is 9.47 Å². The molecule has 2 fully saturated rings. The molecule has 5 nitrogen and oxygen atoms in total. The summed E-state index contributed by atoms with van der Waals surface area (Å²) >= 11 is 0. The van der Waals surface area contributed by atoms with E-state index in [0.717, 1.165) is 18.4 Å². The fraction of sp³-hybridized carbons (Fsp3) is 0.400. The summed E-state index contributed by atoms with van der Waals surface area (Å²) < 4.78 is 25.4. The molecule has 0 radical (unpaired) electrons. The quantitative estimate of drug-likeness (QED) is 0.845. The van der Waals surface area contributed by atoms with Gasteiger partial charge < -0.3 is 14.4 Å². The Labute approximate surface area is 151 Å². The summed E-state index contributed by atoms with van der Waals surface area (Å²) in [6, 6.07) is 9.69. The molecule has 26 heavy (non-hydrogen) atoms. The Balaban J connectivity index is 1.34. The minimum atomic E-state index is -0.397. The maximum atomic E-state index is 13.4. The van der Waals surface area contributed by atoms with Gasteiger partial charge in [-0.25, -0.2) is 4.39 Å². The van der Waals surface area contributed by atoms with Gasteiger partial charge in [0.05, 0.1) is 31.5 Å². The van der Waals surface area contributed by atoms with E-state index in [1.165, 1.54) is 12.1 Å². The van der Waals surface area contributed by atoms with E-state index < -0.39 is 5.82 Å². The van der Waals surface area contributed by atoms with Gasteiger partial charge in [-0.2, -0.15) is 0 Å². The molecule has 1 spiro atoms. The van der Waals surface area contributed by atoms with Gasteiger partial charge in [0.1, 0.15) is 5.82 Å². The van der Waals surface area contributed by atoms with Gasteiger partial charge in [-0.3, -0.25) is 9.78 Å². The summed E-state index contributed by atoms with van der Waals surface area (Å²) in [5, 5.41) is 0. The average Bonchev–Trinajstić information content (AvgIpc) is 3.27. The van der Waals surface area contributed by atoms with Crippen LogP contribution in [0.2, 0.25) is 0 Å². The van der Waals surface area contributed by atoms with Crippen LogP contribution < -0.4 is 0 Å². The van der Waals surface area contributed by atoms with Crippen LogP contribution in [0.3, 0.4) is 0 Å². The van der Waals surface area contributed by atoms with Crippen molar-refractivity contribution in [3.8, 4) is 0 Å². The summed E-state index contributed by atoms with van der Waals surface area (Å²) in [6.07, 6.45) is 5.08. The molecular weight excluding hydrogens is 335 g/mol. The van der Waals surface area contributed by atoms with E-state index in [1.807, 2.05) is 12.1 Å². The van der Waals surface area contributed by atoms with Crippen molar-refractivity contribution in [2.24, 2.45) is 0 Å². The number of halogens is 1. The first kappa shape index (κ1) is 17.1. The van der Waals surface area contributed by atoms with Crippen molar-refractivity contribution >= 4 is 5.91 Å². The lowest BCUT2D eigenvalue weighted by molar-refractivity contribution is 0.000248. The van der Waals surface area contributed by atoms with Crippen LogP contribution in [0.15, 0.2) is 48.8 Å². The zero-order valence-electron chi connectivity index (χ0n) is 14.4. The van der Waals surface area contributed by atoms with Gasteiger partial charge in [-0.1, -0.05) is 12.1 Å². The number of ether oxygens (including phenoxy) is 2. The van der Waals surface area contributed by atoms with Gasteiger partial charge in [0, 0.05) is 30.9 Å². The summed E-state index contributed by atoms with van der Waals surface area (Å²) in [7, 11) is 0. The molecule has 0 unspecified atom stereocenters. The zero-order valence-corrected chi connectivity index (χ0v) is 14.4. The lowest BCUT2D eigenvalue weighted by Crippen LogP contribution is -2.36. The number of carbonyl (C=O) groups is 1. The molecule has 2 atom stereocenters. The molecule has 6 heteroatoms. The SMILES string of the molecule is O=C(c1cccc(F)c1)N1CC[C@]2(C[C@H](OCc3cccnc3)CO2)C1. The fourth-order valence-corrected chi connectivity index (χ4v) is 3.71. The van der Waals surface area contributed by atoms with E-state index in [-0.39, 0.29) is 17.6 Å². The fourth-order valence-electron chi connectivity index (χ4n) is 3.71. The van der Waals surface area contributed by atoms with Crippen LogP contribution in [0.4, 0.5) is 4.39 Å². The highest BCUT2D eigenvalue weighted by Gasteiger charge is 2.47. The molecule has 0 aliphatic carbocycles. The Bertz CT molecular complexity index is 786. The van der Waals surface area contributed by atoms with Crippen molar-refractivity contribution in [3.05, 3.63) is 65.7 Å². The molecule has 1 aromatic carbocycles. The minimum Gasteiger partial charge on any atom is -0.371 e. The van der Waals surface area contributed by atoms with Crippen LogP contribution >= 0.6 is 0 Å². The Kier molecular flexibility index (Phi) is 4.70. The molecule has 2 aliphatic rings. The normalized spacial score (nSPS) is 25.1. The number of pyridine rings is 1. The molecular formula is C20H21FN2O3. The highest BCUT2D eigenvalue weighted by Crippen LogP contribution is 2.37. The van der Waals surface area contributed by atoms with Crippen molar-refractivity contribution in [3.63, 3.8) is 0 Å². The monoisotopic (exact) mass is 356 g/mol. The van der Waals surface area contributed by atoms with Crippen molar-refractivity contribution in [2.75, 3.05) is 19.7 Å². The number of aromatic nitrogens is 1. The largest absolute Gasteiger partial charge is 0.371 e. The van der Waals surface area contributed by atoms with Crippen molar-refractivity contribution < 1.29 is 18.7 Å². The number of carbonyl (C=O) groups excluding carboxylic acids is 1. The van der Waals surface area contributed by atoms with Gasteiger partial charge in [0.25, 0.3) is 5.91 Å². The topological polar surface area (TPSA) is 51.7 Å². The van der Waals surface area contributed by atoms with E-state index in [2.05, 4.69) is 4.98 Å². The van der Waals surface area contributed by atoms with Crippen LogP contribution in [0, 0.1) is 5.82 Å². The van der Waals surface area contributed by atoms with E-state index in [9.17, 15) is 9.18 Å². The standard InChI is InChI=1S/C20H21FN2O3/c21-17-5-1-4-16(9-17)19(24)23-8-6-20(14-23)10-18(13-26-20)25-12-15-3-2-7-22-11-15/h1-5,7,9,11,18H,6,8,10,12-14H2/t18-,20-/m0/s1. The third-order valence-corrected chi connectivity index (χ3v) is 5.06. The lowest BCUT2D eigenvalue weighted by Gasteiger charge is -2.23. The molecule has 2 aromatic rings. The van der Waals surface area contributed by atoms with Gasteiger partial charge in [-0.15, -0.1) is 0 Å². The number of amides is 1.